The van der Waals surface area contributed by atoms with Gasteiger partial charge in [0.15, 0.2) is 5.78 Å². The Bertz CT molecular complexity index is 1160. The molecule has 0 unspecified atom stereocenters. The third kappa shape index (κ3) is 6.42. The number of anilines is 1. The highest BCUT2D eigenvalue weighted by atomic mass is 79.9. The molecule has 1 heterocycles. The molecule has 2 aromatic carbocycles. The quantitative estimate of drug-likeness (QED) is 0.422. The van der Waals surface area contributed by atoms with Crippen LogP contribution in [-0.4, -0.2) is 70.2 Å². The van der Waals surface area contributed by atoms with Gasteiger partial charge in [-0.3, -0.25) is 14.5 Å². The lowest BCUT2D eigenvalue weighted by molar-refractivity contribution is 0.0961. The first-order valence-corrected chi connectivity index (χ1v) is 13.1. The molecule has 2 N–H and O–H groups in total. The summed E-state index contributed by atoms with van der Waals surface area (Å²) in [4.78, 5) is 15.1. The molecule has 3 rings (SSSR count). The average Bonchev–Trinajstić information content (AvgIpc) is 3.11. The number of amidine groups is 1. The first kappa shape index (κ1) is 28.8. The molecule has 0 spiro atoms. The Labute approximate surface area is 218 Å². The van der Waals surface area contributed by atoms with Gasteiger partial charge in [0, 0.05) is 38.8 Å². The highest BCUT2D eigenvalue weighted by Gasteiger charge is 2.39. The van der Waals surface area contributed by atoms with Gasteiger partial charge in [0.25, 0.3) is 0 Å². The lowest BCUT2D eigenvalue weighted by Crippen LogP contribution is -2.32. The van der Waals surface area contributed by atoms with E-state index in [1.54, 1.807) is 18.1 Å². The molecule has 0 radical (unpaired) electrons. The predicted molar refractivity (Wildman–Crippen MR) is 144 cm³/mol. The van der Waals surface area contributed by atoms with Crippen molar-refractivity contribution >= 4 is 44.3 Å². The molecule has 2 aromatic rings. The number of sulfonamides is 1. The zero-order valence-electron chi connectivity index (χ0n) is 20.5. The smallest absolute Gasteiger partial charge is 0.232 e. The van der Waals surface area contributed by atoms with Gasteiger partial charge in [-0.05, 0) is 42.0 Å². The van der Waals surface area contributed by atoms with Gasteiger partial charge < -0.3 is 14.7 Å². The summed E-state index contributed by atoms with van der Waals surface area (Å²) in [6.07, 6.45) is 2.25. The number of hydrogen-bond acceptors (Lipinski definition) is 6. The largest absolute Gasteiger partial charge is 0.505 e. The maximum absolute atomic E-state index is 13.3. The molecule has 0 amide bonds. The monoisotopic (exact) mass is 567 g/mol. The second kappa shape index (κ2) is 12.0. The summed E-state index contributed by atoms with van der Waals surface area (Å²) in [5.74, 6) is 0.0257. The van der Waals surface area contributed by atoms with Crippen LogP contribution in [0.2, 0.25) is 0 Å². The van der Waals surface area contributed by atoms with E-state index < -0.39 is 10.0 Å². The zero-order valence-corrected chi connectivity index (χ0v) is 23.1. The topological polar surface area (TPSA) is 111 Å². The van der Waals surface area contributed by atoms with E-state index in [1.165, 1.54) is 13.1 Å². The van der Waals surface area contributed by atoms with Crippen molar-refractivity contribution in [2.45, 2.75) is 25.7 Å². The molecule has 8 nitrogen and oxygen atoms in total. The summed E-state index contributed by atoms with van der Waals surface area (Å²) in [6, 6.07) is 12.9. The fraction of sp³-hybridized carbons (Fsp3) is 0.440. The average molecular weight is 569 g/mol. The number of likely N-dealkylation sites (tertiary alicyclic amines) is 1. The van der Waals surface area contributed by atoms with E-state index in [-0.39, 0.29) is 52.6 Å². The third-order valence-corrected chi connectivity index (χ3v) is 7.65. The van der Waals surface area contributed by atoms with E-state index in [9.17, 15) is 18.3 Å². The van der Waals surface area contributed by atoms with E-state index in [0.29, 0.717) is 36.5 Å². The Morgan fingerprint density at radius 1 is 1.26 bits per heavy atom. The fourth-order valence-corrected chi connectivity index (χ4v) is 4.96. The highest BCUT2D eigenvalue weighted by molar-refractivity contribution is 8.93. The number of phenolic OH excluding ortho intramolecular Hbond substituents is 1. The first-order chi connectivity index (χ1) is 16.1. The number of phenols is 1. The number of halogens is 1. The van der Waals surface area contributed by atoms with Gasteiger partial charge >= 0.3 is 0 Å². The van der Waals surface area contributed by atoms with Crippen LogP contribution in [0.5, 0.6) is 5.75 Å². The first-order valence-electron chi connectivity index (χ1n) is 11.3. The van der Waals surface area contributed by atoms with Crippen molar-refractivity contribution in [3.8, 4) is 5.75 Å². The van der Waals surface area contributed by atoms with Gasteiger partial charge in [-0.15, -0.1) is 17.0 Å². The number of carbonyl (C=O) groups is 1. The van der Waals surface area contributed by atoms with Crippen LogP contribution in [0.25, 0.3) is 0 Å². The fourth-order valence-electron chi connectivity index (χ4n) is 4.47. The Kier molecular flexibility index (Phi) is 9.88. The molecule has 192 valence electrons. The molecule has 0 aliphatic carbocycles. The van der Waals surface area contributed by atoms with Crippen molar-refractivity contribution in [3.63, 3.8) is 0 Å². The molecule has 0 bridgehead atoms. The summed E-state index contributed by atoms with van der Waals surface area (Å²) < 4.78 is 30.4. The van der Waals surface area contributed by atoms with Crippen molar-refractivity contribution in [2.75, 3.05) is 44.4 Å². The number of methoxy groups -OCH3 is 1. The minimum Gasteiger partial charge on any atom is -0.505 e. The maximum Gasteiger partial charge on any atom is 0.232 e. The molecule has 1 aliphatic heterocycles. The number of rotatable bonds is 10. The second-order valence-electron chi connectivity index (χ2n) is 8.71. The van der Waals surface area contributed by atoms with Gasteiger partial charge in [0.05, 0.1) is 18.5 Å². The number of ketones is 1. The van der Waals surface area contributed by atoms with Crippen LogP contribution in [0, 0.1) is 11.3 Å². The molecule has 10 heteroatoms. The minimum atomic E-state index is -3.63. The van der Waals surface area contributed by atoms with Crippen LogP contribution < -0.4 is 4.31 Å². The Morgan fingerprint density at radius 2 is 1.91 bits per heavy atom. The Hall–Kier alpha value is -2.43. The van der Waals surface area contributed by atoms with E-state index >= 15 is 0 Å². The maximum atomic E-state index is 13.3. The molecular formula is C25H34BrN3O5S. The lowest BCUT2D eigenvalue weighted by atomic mass is 9.86. The van der Waals surface area contributed by atoms with Gasteiger partial charge in [-0.1, -0.05) is 37.3 Å². The standard InChI is InChI=1S/C25H33N3O5S.BrH/c1-5-17-13-20(14-21(24(17)30)27(2)34(4,31)32)22(29)16-28-15-19(11-12-33-3)23(25(28)26)18-9-7-6-8-10-18;/h6-10,13-14,19,23,26,30H,5,11-12,15-16H2,1-4H3;1H/t19-,23+;/m0./s1. The minimum absolute atomic E-state index is 0. The Balaban J connectivity index is 0.00000432. The summed E-state index contributed by atoms with van der Waals surface area (Å²) in [5, 5.41) is 19.4. The molecular weight excluding hydrogens is 534 g/mol. The predicted octanol–water partition coefficient (Wildman–Crippen LogP) is 3.84. The SMILES string of the molecule is Br.CCc1cc(C(=O)CN2C[C@H](CCOC)[C@@H](c3ccccc3)C2=N)cc(N(C)S(C)(=O)=O)c1O. The van der Waals surface area contributed by atoms with E-state index in [4.69, 9.17) is 10.1 Å². The molecule has 0 saturated carbocycles. The molecule has 0 aromatic heterocycles. The van der Waals surface area contributed by atoms with E-state index in [2.05, 4.69) is 0 Å². The summed E-state index contributed by atoms with van der Waals surface area (Å²) in [5.41, 5.74) is 1.91. The number of Topliss-reactive ketones (excluding diaryl/α,β-unsaturated/α-hetero) is 1. The molecule has 1 fully saturated rings. The number of nitrogens with one attached hydrogen (secondary N) is 1. The number of aryl methyl sites for hydroxylation is 1. The number of benzene rings is 2. The lowest BCUT2D eigenvalue weighted by Gasteiger charge is -2.22. The van der Waals surface area contributed by atoms with Crippen molar-refractivity contribution in [1.29, 1.82) is 5.41 Å². The third-order valence-electron chi connectivity index (χ3n) is 6.46. The van der Waals surface area contributed by atoms with Gasteiger partial charge in [-0.2, -0.15) is 0 Å². The zero-order chi connectivity index (χ0) is 25.0. The van der Waals surface area contributed by atoms with Gasteiger partial charge in [-0.25, -0.2) is 8.42 Å². The normalized spacial score (nSPS) is 17.8. The Morgan fingerprint density at radius 3 is 2.49 bits per heavy atom. The number of nitrogens with zero attached hydrogens (tertiary/aromatic N) is 2. The van der Waals surface area contributed by atoms with Crippen molar-refractivity contribution in [2.24, 2.45) is 5.92 Å². The number of carbonyl (C=O) groups excluding carboxylic acids is 1. The van der Waals surface area contributed by atoms with Crippen LogP contribution in [-0.2, 0) is 21.2 Å². The molecule has 35 heavy (non-hydrogen) atoms. The van der Waals surface area contributed by atoms with Crippen molar-refractivity contribution in [3.05, 3.63) is 59.2 Å². The van der Waals surface area contributed by atoms with Gasteiger partial charge in [0.1, 0.15) is 11.6 Å². The van der Waals surface area contributed by atoms with Crippen LogP contribution in [0.1, 0.15) is 40.7 Å². The van der Waals surface area contributed by atoms with Crippen molar-refractivity contribution < 1.29 is 23.1 Å². The van der Waals surface area contributed by atoms with Gasteiger partial charge in [0.2, 0.25) is 10.0 Å². The van der Waals surface area contributed by atoms with Crippen molar-refractivity contribution in [1.82, 2.24) is 4.90 Å². The van der Waals surface area contributed by atoms with Crippen LogP contribution in [0.4, 0.5) is 5.69 Å². The van der Waals surface area contributed by atoms with Crippen LogP contribution in [0.3, 0.4) is 0 Å². The van der Waals surface area contributed by atoms with Crippen LogP contribution in [0.15, 0.2) is 42.5 Å². The molecule has 1 saturated heterocycles. The van der Waals surface area contributed by atoms with E-state index in [1.807, 2.05) is 37.3 Å². The summed E-state index contributed by atoms with van der Waals surface area (Å²) in [7, 11) is -0.626. The number of hydrogen-bond donors (Lipinski definition) is 2. The highest BCUT2D eigenvalue weighted by Crippen LogP contribution is 2.37. The van der Waals surface area contributed by atoms with E-state index in [0.717, 1.165) is 22.5 Å². The number of ether oxygens (including phenoxy) is 1. The molecule has 2 atom stereocenters. The van der Waals surface area contributed by atoms with Crippen LogP contribution >= 0.6 is 17.0 Å². The summed E-state index contributed by atoms with van der Waals surface area (Å²) in [6.45, 7) is 2.96. The summed E-state index contributed by atoms with van der Waals surface area (Å²) >= 11 is 0. The molecule has 1 aliphatic rings. The number of aromatic hydroxyl groups is 1. The second-order valence-corrected chi connectivity index (χ2v) is 10.7.